The van der Waals surface area contributed by atoms with E-state index in [9.17, 15) is 9.59 Å². The van der Waals surface area contributed by atoms with Gasteiger partial charge in [-0.15, -0.1) is 0 Å². The quantitative estimate of drug-likeness (QED) is 0.572. The average molecular weight is 168 g/mol. The minimum atomic E-state index is -0.171. The molecule has 0 amide bonds. The molecule has 3 heteroatoms. The summed E-state index contributed by atoms with van der Waals surface area (Å²) in [6.07, 6.45) is 1.34. The van der Waals surface area contributed by atoms with Crippen LogP contribution in [0.15, 0.2) is 0 Å². The predicted molar refractivity (Wildman–Crippen MR) is 41.3 cm³/mol. The van der Waals surface area contributed by atoms with E-state index in [4.69, 9.17) is 4.74 Å². The highest BCUT2D eigenvalue weighted by Gasteiger charge is 2.56. The first kappa shape index (κ1) is 7.77. The highest BCUT2D eigenvalue weighted by atomic mass is 16.5. The van der Waals surface area contributed by atoms with E-state index in [-0.39, 0.29) is 23.6 Å². The molecular formula is C9H12O3. The Morgan fingerprint density at radius 1 is 1.67 bits per heavy atom. The van der Waals surface area contributed by atoms with Gasteiger partial charge in [0.2, 0.25) is 0 Å². The Bertz CT molecular complexity index is 234. The Morgan fingerprint density at radius 3 is 2.83 bits per heavy atom. The molecule has 0 radical (unpaired) electrons. The van der Waals surface area contributed by atoms with Crippen LogP contribution in [0, 0.1) is 17.8 Å². The van der Waals surface area contributed by atoms with Crippen molar-refractivity contribution in [1.82, 2.24) is 0 Å². The molecule has 2 aliphatic carbocycles. The third kappa shape index (κ3) is 1.04. The van der Waals surface area contributed by atoms with E-state index in [0.717, 1.165) is 6.42 Å². The van der Waals surface area contributed by atoms with E-state index in [0.29, 0.717) is 18.9 Å². The number of carbonyl (C=O) groups excluding carboxylic acids is 2. The lowest BCUT2D eigenvalue weighted by molar-refractivity contribution is -0.149. The van der Waals surface area contributed by atoms with E-state index >= 15 is 0 Å². The maximum absolute atomic E-state index is 11.3. The van der Waals surface area contributed by atoms with E-state index in [1.807, 2.05) is 0 Å². The van der Waals surface area contributed by atoms with Gasteiger partial charge in [0.05, 0.1) is 12.5 Å². The fourth-order valence-electron chi connectivity index (χ4n) is 2.06. The second-order valence-electron chi connectivity index (χ2n) is 3.54. The number of rotatable bonds is 2. The largest absolute Gasteiger partial charge is 0.466 e. The van der Waals surface area contributed by atoms with E-state index in [2.05, 4.69) is 0 Å². The molecule has 0 N–H and O–H groups in total. The summed E-state index contributed by atoms with van der Waals surface area (Å²) in [6.45, 7) is 2.21. The second-order valence-corrected chi connectivity index (χ2v) is 3.54. The minimum absolute atomic E-state index is 0.109. The van der Waals surface area contributed by atoms with Gasteiger partial charge in [-0.1, -0.05) is 0 Å². The molecule has 0 bridgehead atoms. The van der Waals surface area contributed by atoms with Crippen LogP contribution < -0.4 is 0 Å². The summed E-state index contributed by atoms with van der Waals surface area (Å²) in [5.74, 6) is 0.521. The third-order valence-corrected chi connectivity index (χ3v) is 2.78. The third-order valence-electron chi connectivity index (χ3n) is 2.78. The van der Waals surface area contributed by atoms with Crippen LogP contribution in [0.2, 0.25) is 0 Å². The maximum atomic E-state index is 11.3. The first-order valence-electron chi connectivity index (χ1n) is 4.43. The SMILES string of the molecule is CCOC(=O)[C@@H]1CC(=O)[C@@H]2C[C@@H]21. The highest BCUT2D eigenvalue weighted by molar-refractivity contribution is 5.93. The molecule has 0 spiro atoms. The molecular weight excluding hydrogens is 156 g/mol. The zero-order chi connectivity index (χ0) is 8.72. The maximum Gasteiger partial charge on any atom is 0.309 e. The van der Waals surface area contributed by atoms with Gasteiger partial charge in [0, 0.05) is 12.3 Å². The number of Topliss-reactive ketones (excluding diaryl/α,β-unsaturated/α-hetero) is 1. The lowest BCUT2D eigenvalue weighted by atomic mass is 10.0. The molecule has 0 aliphatic heterocycles. The van der Waals surface area contributed by atoms with Crippen molar-refractivity contribution in [3.63, 3.8) is 0 Å². The summed E-state index contributed by atoms with van der Waals surface area (Å²) in [4.78, 5) is 22.4. The normalized spacial score (nSPS) is 37.8. The first-order valence-corrected chi connectivity index (χ1v) is 4.43. The fourth-order valence-corrected chi connectivity index (χ4v) is 2.06. The summed E-state index contributed by atoms with van der Waals surface area (Å²) >= 11 is 0. The van der Waals surface area contributed by atoms with E-state index < -0.39 is 0 Å². The topological polar surface area (TPSA) is 43.4 Å². The van der Waals surface area contributed by atoms with Crippen LogP contribution in [-0.4, -0.2) is 18.4 Å². The standard InChI is InChI=1S/C9H12O3/c1-2-12-9(11)7-4-8(10)6-3-5(6)7/h5-7H,2-4H2,1H3/t5-,6+,7+/m0/s1. The van der Waals surface area contributed by atoms with Crippen molar-refractivity contribution in [3.05, 3.63) is 0 Å². The molecule has 66 valence electrons. The Labute approximate surface area is 71.1 Å². The monoisotopic (exact) mass is 168 g/mol. The van der Waals surface area contributed by atoms with Crippen LogP contribution in [0.3, 0.4) is 0 Å². The number of hydrogen-bond acceptors (Lipinski definition) is 3. The van der Waals surface area contributed by atoms with Gasteiger partial charge in [-0.2, -0.15) is 0 Å². The van der Waals surface area contributed by atoms with Crippen molar-refractivity contribution in [1.29, 1.82) is 0 Å². The van der Waals surface area contributed by atoms with Crippen LogP contribution in [0.5, 0.6) is 0 Å². The van der Waals surface area contributed by atoms with Crippen molar-refractivity contribution >= 4 is 11.8 Å². The van der Waals surface area contributed by atoms with Gasteiger partial charge in [-0.05, 0) is 19.3 Å². The summed E-state index contributed by atoms with van der Waals surface area (Å²) in [7, 11) is 0. The molecule has 12 heavy (non-hydrogen) atoms. The first-order chi connectivity index (χ1) is 5.74. The van der Waals surface area contributed by atoms with Crippen LogP contribution >= 0.6 is 0 Å². The smallest absolute Gasteiger partial charge is 0.309 e. The van der Waals surface area contributed by atoms with Crippen molar-refractivity contribution in [2.75, 3.05) is 6.61 Å². The molecule has 0 unspecified atom stereocenters. The van der Waals surface area contributed by atoms with Crippen molar-refractivity contribution in [3.8, 4) is 0 Å². The van der Waals surface area contributed by atoms with Crippen LogP contribution in [0.25, 0.3) is 0 Å². The van der Waals surface area contributed by atoms with E-state index in [1.54, 1.807) is 6.92 Å². The molecule has 0 aromatic carbocycles. The van der Waals surface area contributed by atoms with Gasteiger partial charge in [-0.3, -0.25) is 9.59 Å². The van der Waals surface area contributed by atoms with Gasteiger partial charge in [0.1, 0.15) is 5.78 Å². The molecule has 0 saturated heterocycles. The summed E-state index contributed by atoms with van der Waals surface area (Å²) in [6, 6.07) is 0. The zero-order valence-corrected chi connectivity index (χ0v) is 7.08. The second kappa shape index (κ2) is 2.57. The van der Waals surface area contributed by atoms with Gasteiger partial charge in [0.25, 0.3) is 0 Å². The number of esters is 1. The van der Waals surface area contributed by atoms with Crippen molar-refractivity contribution in [2.24, 2.45) is 17.8 Å². The Hall–Kier alpha value is -0.860. The van der Waals surface area contributed by atoms with Crippen LogP contribution in [-0.2, 0) is 14.3 Å². The lowest BCUT2D eigenvalue weighted by Crippen LogP contribution is -2.18. The molecule has 3 atom stereocenters. The molecule has 2 saturated carbocycles. The summed E-state index contributed by atoms with van der Waals surface area (Å²) in [5, 5.41) is 0. The summed E-state index contributed by atoms with van der Waals surface area (Å²) < 4.78 is 4.88. The Morgan fingerprint density at radius 2 is 2.42 bits per heavy atom. The zero-order valence-electron chi connectivity index (χ0n) is 7.08. The minimum Gasteiger partial charge on any atom is -0.466 e. The fraction of sp³-hybridized carbons (Fsp3) is 0.778. The number of carbonyl (C=O) groups is 2. The van der Waals surface area contributed by atoms with E-state index in [1.165, 1.54) is 0 Å². The average Bonchev–Trinajstić information content (AvgIpc) is 2.74. The Kier molecular flexibility index (Phi) is 1.67. The van der Waals surface area contributed by atoms with Gasteiger partial charge in [0.15, 0.2) is 0 Å². The van der Waals surface area contributed by atoms with Gasteiger partial charge < -0.3 is 4.74 Å². The van der Waals surface area contributed by atoms with Gasteiger partial charge >= 0.3 is 5.97 Å². The molecule has 0 aromatic heterocycles. The predicted octanol–water partition coefficient (Wildman–Crippen LogP) is 0.775. The summed E-state index contributed by atoms with van der Waals surface area (Å²) in [5.41, 5.74) is 0. The highest BCUT2D eigenvalue weighted by Crippen LogP contribution is 2.53. The molecule has 3 nitrogen and oxygen atoms in total. The van der Waals surface area contributed by atoms with Crippen molar-refractivity contribution in [2.45, 2.75) is 19.8 Å². The number of ketones is 1. The number of ether oxygens (including phenoxy) is 1. The molecule has 0 heterocycles. The molecule has 2 fully saturated rings. The van der Waals surface area contributed by atoms with Crippen LogP contribution in [0.4, 0.5) is 0 Å². The lowest BCUT2D eigenvalue weighted by Gasteiger charge is -2.08. The molecule has 0 aromatic rings. The number of fused-ring (bicyclic) bond motifs is 1. The van der Waals surface area contributed by atoms with Gasteiger partial charge in [-0.25, -0.2) is 0 Å². The number of hydrogen-bond donors (Lipinski definition) is 0. The molecule has 2 rings (SSSR count). The van der Waals surface area contributed by atoms with Crippen molar-refractivity contribution < 1.29 is 14.3 Å². The molecule has 2 aliphatic rings. The Balaban J connectivity index is 1.97. The van der Waals surface area contributed by atoms with Crippen LogP contribution in [0.1, 0.15) is 19.8 Å².